The molecule has 4 rings (SSSR count). The summed E-state index contributed by atoms with van der Waals surface area (Å²) in [6, 6.07) is 14.4. The molecule has 2 heterocycles. The van der Waals surface area contributed by atoms with Crippen molar-refractivity contribution in [1.82, 2.24) is 4.98 Å². The van der Waals surface area contributed by atoms with Gasteiger partial charge in [-0.3, -0.25) is 4.79 Å². The average molecular weight is 409 g/mol. The second-order valence-corrected chi connectivity index (χ2v) is 8.08. The van der Waals surface area contributed by atoms with Crippen molar-refractivity contribution in [2.24, 2.45) is 0 Å². The maximum absolute atomic E-state index is 13.2. The molecule has 2 atom stereocenters. The molecule has 6 nitrogen and oxygen atoms in total. The Morgan fingerprint density at radius 1 is 1.13 bits per heavy atom. The summed E-state index contributed by atoms with van der Waals surface area (Å²) in [7, 11) is 3.33. The molecule has 1 fully saturated rings. The van der Waals surface area contributed by atoms with E-state index >= 15 is 0 Å². The third-order valence-corrected chi connectivity index (χ3v) is 6.11. The zero-order valence-corrected chi connectivity index (χ0v) is 18.1. The molecule has 1 saturated heterocycles. The average Bonchev–Trinajstić information content (AvgIpc) is 3.08. The Bertz CT molecular complexity index is 1040. The number of ketones is 1. The van der Waals surface area contributed by atoms with E-state index < -0.39 is 0 Å². The van der Waals surface area contributed by atoms with Crippen molar-refractivity contribution in [3.05, 3.63) is 53.7 Å². The second-order valence-electron chi connectivity index (χ2n) is 8.08. The number of aryl methyl sites for hydroxylation is 1. The largest absolute Gasteiger partial charge is 0.497 e. The van der Waals surface area contributed by atoms with E-state index in [4.69, 9.17) is 9.47 Å². The first-order valence-electron chi connectivity index (χ1n) is 10.4. The Morgan fingerprint density at radius 2 is 1.83 bits per heavy atom. The van der Waals surface area contributed by atoms with Gasteiger partial charge in [-0.1, -0.05) is 0 Å². The molecule has 2 N–H and O–H groups in total. The van der Waals surface area contributed by atoms with E-state index in [-0.39, 0.29) is 5.78 Å². The van der Waals surface area contributed by atoms with Gasteiger partial charge in [-0.15, -0.1) is 0 Å². The number of aromatic nitrogens is 1. The number of Topliss-reactive ketones (excluding diaryl/α,β-unsaturated/α-hetero) is 1. The first-order valence-corrected chi connectivity index (χ1v) is 10.4. The minimum absolute atomic E-state index is 0.187. The fraction of sp³-hybridized carbons (Fsp3) is 0.375. The van der Waals surface area contributed by atoms with E-state index in [1.807, 2.05) is 37.3 Å². The fourth-order valence-corrected chi connectivity index (χ4v) is 4.55. The summed E-state index contributed by atoms with van der Waals surface area (Å²) in [5, 5.41) is 0.946. The molecule has 2 aromatic carbocycles. The normalized spacial score (nSPS) is 19.1. The summed E-state index contributed by atoms with van der Waals surface area (Å²) < 4.78 is 10.6. The van der Waals surface area contributed by atoms with E-state index in [1.165, 1.54) is 10.6 Å². The molecular weight excluding hydrogens is 378 g/mol. The van der Waals surface area contributed by atoms with Crippen molar-refractivity contribution in [2.45, 2.75) is 19.9 Å². The number of carbonyl (C=O) groups excluding carboxylic acids is 1. The summed E-state index contributed by atoms with van der Waals surface area (Å²) in [5.41, 5.74) is 3.90. The molecule has 1 aliphatic heterocycles. The SMILES string of the molecule is COc1ccc(N2CC[NH+](CC(=O)c3c(C)[nH]c4ccc(OC)cc34)C[C@H]2C)cc1. The standard InChI is InChI=1S/C24H29N3O3/c1-16-14-26(11-12-27(16)18-5-7-19(29-3)8-6-18)15-23(28)24-17(2)25-22-10-9-20(30-4)13-21(22)24/h5-10,13,16,25H,11-12,14-15H2,1-4H3/p+1/t16-/m1/s1. The van der Waals surface area contributed by atoms with Crippen molar-refractivity contribution in [3.8, 4) is 11.5 Å². The first-order chi connectivity index (χ1) is 14.5. The van der Waals surface area contributed by atoms with Crippen LogP contribution in [0.5, 0.6) is 11.5 Å². The number of benzene rings is 2. The molecule has 6 heteroatoms. The lowest BCUT2D eigenvalue weighted by Crippen LogP contribution is -3.16. The third kappa shape index (κ3) is 3.87. The van der Waals surface area contributed by atoms with E-state index in [2.05, 4.69) is 28.9 Å². The summed E-state index contributed by atoms with van der Waals surface area (Å²) in [4.78, 5) is 20.3. The Balaban J connectivity index is 1.46. The third-order valence-electron chi connectivity index (χ3n) is 6.11. The highest BCUT2D eigenvalue weighted by Gasteiger charge is 2.29. The van der Waals surface area contributed by atoms with Gasteiger partial charge in [-0.25, -0.2) is 0 Å². The van der Waals surface area contributed by atoms with Crippen LogP contribution in [-0.4, -0.2) is 57.2 Å². The predicted octanol–water partition coefficient (Wildman–Crippen LogP) is 2.47. The Labute approximate surface area is 177 Å². The van der Waals surface area contributed by atoms with Crippen LogP contribution in [0.25, 0.3) is 10.9 Å². The lowest BCUT2D eigenvalue weighted by atomic mass is 10.0. The molecule has 0 aliphatic carbocycles. The van der Waals surface area contributed by atoms with Crippen molar-refractivity contribution >= 4 is 22.4 Å². The van der Waals surface area contributed by atoms with Crippen molar-refractivity contribution in [1.29, 1.82) is 0 Å². The van der Waals surface area contributed by atoms with Crippen LogP contribution in [0, 0.1) is 6.92 Å². The fourth-order valence-electron chi connectivity index (χ4n) is 4.55. The first kappa shape index (κ1) is 20.3. The van der Waals surface area contributed by atoms with Crippen molar-refractivity contribution in [3.63, 3.8) is 0 Å². The molecule has 0 amide bonds. The van der Waals surface area contributed by atoms with Gasteiger partial charge >= 0.3 is 0 Å². The van der Waals surface area contributed by atoms with E-state index in [0.717, 1.165) is 53.3 Å². The smallest absolute Gasteiger partial charge is 0.219 e. The molecule has 1 aromatic heterocycles. The minimum Gasteiger partial charge on any atom is -0.497 e. The number of quaternary nitrogens is 1. The van der Waals surface area contributed by atoms with Crippen LogP contribution in [-0.2, 0) is 0 Å². The molecule has 3 aromatic rings. The molecule has 1 aliphatic rings. The van der Waals surface area contributed by atoms with Gasteiger partial charge in [-0.2, -0.15) is 0 Å². The van der Waals surface area contributed by atoms with Crippen LogP contribution in [0.15, 0.2) is 42.5 Å². The highest BCUT2D eigenvalue weighted by molar-refractivity contribution is 6.10. The molecule has 0 bridgehead atoms. The summed E-state index contributed by atoms with van der Waals surface area (Å²) >= 11 is 0. The van der Waals surface area contributed by atoms with Crippen LogP contribution in [0.1, 0.15) is 23.0 Å². The number of fused-ring (bicyclic) bond motifs is 1. The number of anilines is 1. The number of nitrogens with zero attached hydrogens (tertiary/aromatic N) is 1. The topological polar surface area (TPSA) is 59.0 Å². The highest BCUT2D eigenvalue weighted by atomic mass is 16.5. The van der Waals surface area contributed by atoms with Gasteiger partial charge < -0.3 is 24.3 Å². The maximum atomic E-state index is 13.2. The summed E-state index contributed by atoms with van der Waals surface area (Å²) in [6.45, 7) is 7.51. The Morgan fingerprint density at radius 3 is 2.50 bits per heavy atom. The maximum Gasteiger partial charge on any atom is 0.219 e. The monoisotopic (exact) mass is 408 g/mol. The Kier molecular flexibility index (Phi) is 5.68. The molecule has 0 spiro atoms. The van der Waals surface area contributed by atoms with Crippen LogP contribution >= 0.6 is 0 Å². The summed E-state index contributed by atoms with van der Waals surface area (Å²) in [6.07, 6.45) is 0. The Hall–Kier alpha value is -2.99. The van der Waals surface area contributed by atoms with Crippen molar-refractivity contribution < 1.29 is 19.2 Å². The highest BCUT2D eigenvalue weighted by Crippen LogP contribution is 2.26. The van der Waals surface area contributed by atoms with Gasteiger partial charge in [0.25, 0.3) is 0 Å². The number of hydrogen-bond donors (Lipinski definition) is 2. The number of hydrogen-bond acceptors (Lipinski definition) is 4. The van der Waals surface area contributed by atoms with E-state index in [0.29, 0.717) is 12.6 Å². The molecular formula is C24H30N3O3+. The lowest BCUT2D eigenvalue weighted by molar-refractivity contribution is -0.894. The van der Waals surface area contributed by atoms with Gasteiger partial charge in [0.1, 0.15) is 18.0 Å². The molecule has 30 heavy (non-hydrogen) atoms. The van der Waals surface area contributed by atoms with Gasteiger partial charge in [0, 0.05) is 22.3 Å². The lowest BCUT2D eigenvalue weighted by Gasteiger charge is -2.38. The van der Waals surface area contributed by atoms with E-state index in [9.17, 15) is 4.79 Å². The predicted molar refractivity (Wildman–Crippen MR) is 119 cm³/mol. The number of methoxy groups -OCH3 is 2. The zero-order valence-electron chi connectivity index (χ0n) is 18.1. The molecule has 0 radical (unpaired) electrons. The minimum atomic E-state index is 0.187. The van der Waals surface area contributed by atoms with Gasteiger partial charge in [0.05, 0.1) is 45.5 Å². The zero-order chi connectivity index (χ0) is 21.3. The molecule has 158 valence electrons. The van der Waals surface area contributed by atoms with Crippen LogP contribution in [0.2, 0.25) is 0 Å². The quantitative estimate of drug-likeness (QED) is 0.616. The number of aromatic amines is 1. The van der Waals surface area contributed by atoms with Crippen molar-refractivity contribution in [2.75, 3.05) is 45.3 Å². The number of carbonyl (C=O) groups is 1. The second kappa shape index (κ2) is 8.40. The number of piperazine rings is 1. The van der Waals surface area contributed by atoms with Gasteiger partial charge in [0.15, 0.2) is 0 Å². The van der Waals surface area contributed by atoms with Crippen LogP contribution in [0.4, 0.5) is 5.69 Å². The molecule has 0 saturated carbocycles. The number of nitrogens with one attached hydrogen (secondary N) is 2. The number of ether oxygens (including phenoxy) is 2. The van der Waals surface area contributed by atoms with Gasteiger partial charge in [-0.05, 0) is 56.3 Å². The molecule has 1 unspecified atom stereocenters. The van der Waals surface area contributed by atoms with E-state index in [1.54, 1.807) is 14.2 Å². The number of H-pyrrole nitrogens is 1. The van der Waals surface area contributed by atoms with Crippen LogP contribution < -0.4 is 19.3 Å². The summed E-state index contributed by atoms with van der Waals surface area (Å²) in [5.74, 6) is 1.82. The number of rotatable bonds is 6. The van der Waals surface area contributed by atoms with Gasteiger partial charge in [0.2, 0.25) is 5.78 Å². The van der Waals surface area contributed by atoms with Crippen LogP contribution in [0.3, 0.4) is 0 Å².